The van der Waals surface area contributed by atoms with E-state index < -0.39 is 0 Å². The van der Waals surface area contributed by atoms with Crippen LogP contribution in [0.3, 0.4) is 0 Å². The highest BCUT2D eigenvalue weighted by atomic mass is 35.5. The van der Waals surface area contributed by atoms with Crippen molar-refractivity contribution in [1.82, 2.24) is 4.90 Å². The fraction of sp³-hybridized carbons (Fsp3) is 0.333. The topological polar surface area (TPSA) is 32.5 Å². The molecule has 0 atom stereocenters. The van der Waals surface area contributed by atoms with Gasteiger partial charge in [-0.05, 0) is 13.1 Å². The van der Waals surface area contributed by atoms with E-state index in [1.165, 1.54) is 11.1 Å². The predicted octanol–water partition coefficient (Wildman–Crippen LogP) is 2.83. The molecule has 0 amide bonds. The molecule has 0 unspecified atom stereocenters. The van der Waals surface area contributed by atoms with Gasteiger partial charge in [-0.3, -0.25) is 0 Å². The van der Waals surface area contributed by atoms with Crippen molar-refractivity contribution >= 4 is 33.7 Å². The highest BCUT2D eigenvalue weighted by Crippen LogP contribution is 2.36. The zero-order valence-corrected chi connectivity index (χ0v) is 11.8. The van der Waals surface area contributed by atoms with Crippen molar-refractivity contribution in [2.45, 2.75) is 0 Å². The van der Waals surface area contributed by atoms with Crippen molar-refractivity contribution in [3.63, 3.8) is 0 Å². The summed E-state index contributed by atoms with van der Waals surface area (Å²) in [5.74, 6) is 0. The normalized spacial score (nSPS) is 17.1. The fourth-order valence-electron chi connectivity index (χ4n) is 2.65. The number of nitrogens with zero attached hydrogens (tertiary/aromatic N) is 2. The van der Waals surface area contributed by atoms with Crippen LogP contribution in [0.2, 0.25) is 5.02 Å². The van der Waals surface area contributed by atoms with Crippen LogP contribution < -0.4 is 10.6 Å². The van der Waals surface area contributed by atoms with Gasteiger partial charge in [-0.2, -0.15) is 0 Å². The number of hydrogen-bond donors (Lipinski definition) is 1. The second-order valence-electron chi connectivity index (χ2n) is 5.13. The lowest BCUT2D eigenvalue weighted by Gasteiger charge is -2.35. The Balaban J connectivity index is 2.10. The van der Waals surface area contributed by atoms with Gasteiger partial charge in [-0.15, -0.1) is 0 Å². The second-order valence-corrected chi connectivity index (χ2v) is 5.53. The first kappa shape index (κ1) is 12.6. The number of halogens is 1. The van der Waals surface area contributed by atoms with E-state index in [1.807, 2.05) is 18.2 Å². The number of piperazine rings is 1. The van der Waals surface area contributed by atoms with Crippen molar-refractivity contribution in [2.24, 2.45) is 0 Å². The standard InChI is InChI=1S/C15H18ClN3/c1-18-6-8-19(9-7-18)14-10-13(16)15(17)12-5-3-2-4-11(12)14/h2-5,10H,6-9,17H2,1H3. The van der Waals surface area contributed by atoms with Gasteiger partial charge in [0.15, 0.2) is 0 Å². The number of nitrogens with two attached hydrogens (primary N) is 1. The van der Waals surface area contributed by atoms with E-state index in [-0.39, 0.29) is 0 Å². The Morgan fingerprint density at radius 2 is 1.68 bits per heavy atom. The van der Waals surface area contributed by atoms with Crippen LogP contribution in [0.4, 0.5) is 11.4 Å². The van der Waals surface area contributed by atoms with Gasteiger partial charge >= 0.3 is 0 Å². The van der Waals surface area contributed by atoms with Gasteiger partial charge in [0.1, 0.15) is 0 Å². The van der Waals surface area contributed by atoms with Gasteiger partial charge in [0, 0.05) is 42.6 Å². The molecule has 0 bridgehead atoms. The van der Waals surface area contributed by atoms with Crippen LogP contribution in [0.1, 0.15) is 0 Å². The molecule has 1 fully saturated rings. The minimum absolute atomic E-state index is 0.646. The lowest BCUT2D eigenvalue weighted by Crippen LogP contribution is -2.44. The van der Waals surface area contributed by atoms with Crippen LogP contribution >= 0.6 is 11.6 Å². The SMILES string of the molecule is CN1CCN(c2cc(Cl)c(N)c3ccccc23)CC1. The number of likely N-dealkylation sites (N-methyl/N-ethyl adjacent to an activating group) is 1. The highest BCUT2D eigenvalue weighted by molar-refractivity contribution is 6.35. The summed E-state index contributed by atoms with van der Waals surface area (Å²) in [5, 5.41) is 2.88. The van der Waals surface area contributed by atoms with Crippen LogP contribution in [0.25, 0.3) is 10.8 Å². The van der Waals surface area contributed by atoms with Gasteiger partial charge in [-0.25, -0.2) is 0 Å². The van der Waals surface area contributed by atoms with E-state index in [0.29, 0.717) is 10.7 Å². The lowest BCUT2D eigenvalue weighted by atomic mass is 10.1. The summed E-state index contributed by atoms with van der Waals surface area (Å²) in [6, 6.07) is 10.2. The molecular weight excluding hydrogens is 258 g/mol. The molecule has 1 saturated heterocycles. The third-order valence-electron chi connectivity index (χ3n) is 3.86. The van der Waals surface area contributed by atoms with Gasteiger partial charge in [-0.1, -0.05) is 35.9 Å². The second kappa shape index (κ2) is 4.91. The van der Waals surface area contributed by atoms with Crippen molar-refractivity contribution < 1.29 is 0 Å². The summed E-state index contributed by atoms with van der Waals surface area (Å²) in [6.45, 7) is 4.22. The lowest BCUT2D eigenvalue weighted by molar-refractivity contribution is 0.313. The monoisotopic (exact) mass is 275 g/mol. The van der Waals surface area contributed by atoms with Crippen LogP contribution in [0, 0.1) is 0 Å². The maximum absolute atomic E-state index is 6.28. The van der Waals surface area contributed by atoms with Crippen LogP contribution in [0.5, 0.6) is 0 Å². The minimum atomic E-state index is 0.646. The molecule has 2 aromatic rings. The van der Waals surface area contributed by atoms with E-state index in [1.54, 1.807) is 0 Å². The van der Waals surface area contributed by atoms with Crippen molar-refractivity contribution in [3.05, 3.63) is 35.4 Å². The molecule has 0 aliphatic carbocycles. The summed E-state index contributed by atoms with van der Waals surface area (Å²) in [7, 11) is 2.16. The van der Waals surface area contributed by atoms with Gasteiger partial charge in [0.25, 0.3) is 0 Å². The molecule has 3 rings (SSSR count). The number of hydrogen-bond acceptors (Lipinski definition) is 3. The first-order chi connectivity index (χ1) is 9.16. The quantitative estimate of drug-likeness (QED) is 0.813. The zero-order valence-electron chi connectivity index (χ0n) is 11.1. The van der Waals surface area contributed by atoms with Gasteiger partial charge < -0.3 is 15.5 Å². The molecule has 19 heavy (non-hydrogen) atoms. The Bertz CT molecular complexity index is 604. The molecule has 0 radical (unpaired) electrons. The third-order valence-corrected chi connectivity index (χ3v) is 4.17. The molecule has 0 spiro atoms. The summed E-state index contributed by atoms with van der Waals surface area (Å²) in [4.78, 5) is 4.74. The van der Waals surface area contributed by atoms with Crippen LogP contribution in [-0.2, 0) is 0 Å². The number of anilines is 2. The maximum Gasteiger partial charge on any atom is 0.0662 e. The smallest absolute Gasteiger partial charge is 0.0662 e. The highest BCUT2D eigenvalue weighted by Gasteiger charge is 2.18. The third kappa shape index (κ3) is 2.24. The Labute approximate surface area is 118 Å². The zero-order chi connectivity index (χ0) is 13.4. The van der Waals surface area contributed by atoms with Gasteiger partial charge in [0.05, 0.1) is 10.7 Å². The first-order valence-electron chi connectivity index (χ1n) is 6.57. The Morgan fingerprint density at radius 1 is 1.05 bits per heavy atom. The van der Waals surface area contributed by atoms with E-state index >= 15 is 0 Å². The molecule has 1 aliphatic heterocycles. The Hall–Kier alpha value is -1.45. The molecule has 0 aromatic heterocycles. The van der Waals surface area contributed by atoms with Gasteiger partial charge in [0.2, 0.25) is 0 Å². The number of fused-ring (bicyclic) bond motifs is 1. The van der Waals surface area contributed by atoms with E-state index in [9.17, 15) is 0 Å². The Morgan fingerprint density at radius 3 is 2.37 bits per heavy atom. The van der Waals surface area contributed by atoms with E-state index in [2.05, 4.69) is 29.0 Å². The summed E-state index contributed by atoms with van der Waals surface area (Å²) in [5.41, 5.74) is 7.95. The minimum Gasteiger partial charge on any atom is -0.397 e. The van der Waals surface area contributed by atoms with E-state index in [0.717, 1.165) is 31.6 Å². The van der Waals surface area contributed by atoms with Crippen LogP contribution in [0.15, 0.2) is 30.3 Å². The molecule has 0 saturated carbocycles. The number of benzene rings is 2. The molecule has 2 N–H and O–H groups in total. The molecule has 1 heterocycles. The molecule has 4 heteroatoms. The molecule has 3 nitrogen and oxygen atoms in total. The fourth-order valence-corrected chi connectivity index (χ4v) is 2.86. The largest absolute Gasteiger partial charge is 0.397 e. The summed E-state index contributed by atoms with van der Waals surface area (Å²) >= 11 is 6.28. The number of rotatable bonds is 1. The van der Waals surface area contributed by atoms with Crippen molar-refractivity contribution in [1.29, 1.82) is 0 Å². The van der Waals surface area contributed by atoms with Crippen LogP contribution in [-0.4, -0.2) is 38.1 Å². The molecular formula is C15H18ClN3. The predicted molar refractivity (Wildman–Crippen MR) is 83.1 cm³/mol. The van der Waals surface area contributed by atoms with Crippen molar-refractivity contribution in [3.8, 4) is 0 Å². The number of nitrogen functional groups attached to an aromatic ring is 1. The van der Waals surface area contributed by atoms with E-state index in [4.69, 9.17) is 17.3 Å². The Kier molecular flexibility index (Phi) is 3.25. The molecule has 1 aliphatic rings. The maximum atomic E-state index is 6.28. The summed E-state index contributed by atoms with van der Waals surface area (Å²) < 4.78 is 0. The average molecular weight is 276 g/mol. The van der Waals surface area contributed by atoms with Crippen molar-refractivity contribution in [2.75, 3.05) is 43.9 Å². The molecule has 2 aromatic carbocycles. The summed E-state index contributed by atoms with van der Waals surface area (Å²) in [6.07, 6.45) is 0. The first-order valence-corrected chi connectivity index (χ1v) is 6.95. The molecule has 100 valence electrons. The average Bonchev–Trinajstić information content (AvgIpc) is 2.44.